The van der Waals surface area contributed by atoms with Crippen molar-refractivity contribution in [2.24, 2.45) is 0 Å². The van der Waals surface area contributed by atoms with Gasteiger partial charge in [-0.1, -0.05) is 11.6 Å². The number of nitrogens with two attached hydrogens (primary N) is 1. The van der Waals surface area contributed by atoms with Crippen LogP contribution in [-0.4, -0.2) is 4.98 Å². The Balaban J connectivity index is 2.06. The highest BCUT2D eigenvalue weighted by molar-refractivity contribution is 6.30. The Hall–Kier alpha value is -2.26. The fourth-order valence-corrected chi connectivity index (χ4v) is 2.14. The minimum absolute atomic E-state index is 0.717. The monoisotopic (exact) mass is 269 g/mol. The van der Waals surface area contributed by atoms with Crippen LogP contribution >= 0.6 is 11.6 Å². The average molecular weight is 270 g/mol. The molecular weight excluding hydrogens is 258 g/mol. The molecule has 0 fully saturated rings. The number of anilines is 3. The Morgan fingerprint density at radius 3 is 2.53 bits per heavy atom. The number of pyridine rings is 1. The van der Waals surface area contributed by atoms with Crippen molar-refractivity contribution in [2.75, 3.05) is 11.1 Å². The lowest BCUT2D eigenvalue weighted by Gasteiger charge is -2.11. The van der Waals surface area contributed by atoms with E-state index in [1.54, 1.807) is 6.20 Å². The number of hydrogen-bond donors (Lipinski definition) is 2. The normalized spacial score (nSPS) is 10.6. The maximum absolute atomic E-state index is 5.97. The van der Waals surface area contributed by atoms with E-state index < -0.39 is 0 Å². The molecule has 3 N–H and O–H groups in total. The summed E-state index contributed by atoms with van der Waals surface area (Å²) in [4.78, 5) is 4.15. The third-order valence-corrected chi connectivity index (χ3v) is 3.23. The lowest BCUT2D eigenvalue weighted by molar-refractivity contribution is 1.36. The van der Waals surface area contributed by atoms with Gasteiger partial charge in [0.05, 0.1) is 0 Å². The van der Waals surface area contributed by atoms with Crippen molar-refractivity contribution in [2.45, 2.75) is 0 Å². The van der Waals surface area contributed by atoms with Gasteiger partial charge in [-0.05, 0) is 42.5 Å². The molecule has 0 aliphatic rings. The van der Waals surface area contributed by atoms with Gasteiger partial charge in [-0.25, -0.2) is 0 Å². The van der Waals surface area contributed by atoms with Crippen LogP contribution in [0.2, 0.25) is 5.02 Å². The zero-order valence-corrected chi connectivity index (χ0v) is 10.9. The zero-order valence-electron chi connectivity index (χ0n) is 10.1. The molecule has 3 nitrogen and oxygen atoms in total. The standard InChI is InChI=1S/C15H12ClN3/c16-10-1-3-11(4-2-10)19-15-6-5-14(17)12-7-8-18-9-13(12)15/h1-9,19H,17H2. The summed E-state index contributed by atoms with van der Waals surface area (Å²) in [5.74, 6) is 0. The fourth-order valence-electron chi connectivity index (χ4n) is 2.01. The van der Waals surface area contributed by atoms with Crippen LogP contribution in [0.15, 0.2) is 54.9 Å². The second kappa shape index (κ2) is 4.78. The molecule has 0 aliphatic heterocycles. The lowest BCUT2D eigenvalue weighted by Crippen LogP contribution is -1.94. The number of hydrogen-bond acceptors (Lipinski definition) is 3. The van der Waals surface area contributed by atoms with Gasteiger partial charge in [-0.3, -0.25) is 4.98 Å². The van der Waals surface area contributed by atoms with Crippen LogP contribution in [0.1, 0.15) is 0 Å². The van der Waals surface area contributed by atoms with E-state index in [0.717, 1.165) is 32.9 Å². The third-order valence-electron chi connectivity index (χ3n) is 2.98. The average Bonchev–Trinajstić information content (AvgIpc) is 2.45. The first-order valence-electron chi connectivity index (χ1n) is 5.89. The summed E-state index contributed by atoms with van der Waals surface area (Å²) in [5.41, 5.74) is 8.66. The first-order chi connectivity index (χ1) is 9.24. The molecule has 0 saturated carbocycles. The predicted octanol–water partition coefficient (Wildman–Crippen LogP) is 4.21. The van der Waals surface area contributed by atoms with Gasteiger partial charge in [0.2, 0.25) is 0 Å². The Morgan fingerprint density at radius 1 is 0.947 bits per heavy atom. The molecule has 0 saturated heterocycles. The van der Waals surface area contributed by atoms with Gasteiger partial charge < -0.3 is 11.1 Å². The van der Waals surface area contributed by atoms with Crippen LogP contribution in [0.25, 0.3) is 10.8 Å². The molecule has 19 heavy (non-hydrogen) atoms. The molecule has 94 valence electrons. The summed E-state index contributed by atoms with van der Waals surface area (Å²) < 4.78 is 0. The summed E-state index contributed by atoms with van der Waals surface area (Å²) in [6, 6.07) is 13.3. The molecule has 0 bridgehead atoms. The number of fused-ring (bicyclic) bond motifs is 1. The molecule has 0 amide bonds. The first kappa shape index (κ1) is 11.8. The second-order valence-corrected chi connectivity index (χ2v) is 4.69. The molecule has 1 heterocycles. The van der Waals surface area contributed by atoms with E-state index in [4.69, 9.17) is 17.3 Å². The Labute approximate surface area is 116 Å². The number of benzene rings is 2. The molecule has 4 heteroatoms. The lowest BCUT2D eigenvalue weighted by atomic mass is 10.1. The van der Waals surface area contributed by atoms with Crippen molar-refractivity contribution in [1.29, 1.82) is 0 Å². The van der Waals surface area contributed by atoms with Gasteiger partial charge in [0, 0.05) is 45.3 Å². The van der Waals surface area contributed by atoms with Crippen molar-refractivity contribution in [3.63, 3.8) is 0 Å². The van der Waals surface area contributed by atoms with Crippen molar-refractivity contribution < 1.29 is 0 Å². The molecule has 0 unspecified atom stereocenters. The summed E-state index contributed by atoms with van der Waals surface area (Å²) in [5, 5.41) is 6.06. The predicted molar refractivity (Wildman–Crippen MR) is 80.9 cm³/mol. The summed E-state index contributed by atoms with van der Waals surface area (Å²) in [6.45, 7) is 0. The number of nitrogens with one attached hydrogen (secondary N) is 1. The van der Waals surface area contributed by atoms with Crippen LogP contribution in [0.5, 0.6) is 0 Å². The smallest absolute Gasteiger partial charge is 0.0481 e. The van der Waals surface area contributed by atoms with Crippen molar-refractivity contribution in [3.8, 4) is 0 Å². The third kappa shape index (κ3) is 2.33. The maximum Gasteiger partial charge on any atom is 0.0481 e. The summed E-state index contributed by atoms with van der Waals surface area (Å²) in [7, 11) is 0. The van der Waals surface area contributed by atoms with Crippen molar-refractivity contribution in [1.82, 2.24) is 4.98 Å². The van der Waals surface area contributed by atoms with Crippen LogP contribution < -0.4 is 11.1 Å². The maximum atomic E-state index is 5.97. The molecule has 0 radical (unpaired) electrons. The highest BCUT2D eigenvalue weighted by atomic mass is 35.5. The van der Waals surface area contributed by atoms with Gasteiger partial charge >= 0.3 is 0 Å². The minimum atomic E-state index is 0.717. The highest BCUT2D eigenvalue weighted by Gasteiger charge is 2.04. The van der Waals surface area contributed by atoms with E-state index in [9.17, 15) is 0 Å². The van der Waals surface area contributed by atoms with Crippen molar-refractivity contribution in [3.05, 3.63) is 59.9 Å². The minimum Gasteiger partial charge on any atom is -0.398 e. The van der Waals surface area contributed by atoms with Crippen molar-refractivity contribution >= 4 is 39.4 Å². The van der Waals surface area contributed by atoms with Crippen LogP contribution in [0.4, 0.5) is 17.1 Å². The highest BCUT2D eigenvalue weighted by Crippen LogP contribution is 2.29. The number of rotatable bonds is 2. The molecular formula is C15H12ClN3. The van der Waals surface area contributed by atoms with Gasteiger partial charge in [-0.2, -0.15) is 0 Å². The topological polar surface area (TPSA) is 50.9 Å². The SMILES string of the molecule is Nc1ccc(Nc2ccc(Cl)cc2)c2cnccc12. The van der Waals surface area contributed by atoms with E-state index in [2.05, 4.69) is 10.3 Å². The quantitative estimate of drug-likeness (QED) is 0.685. The van der Waals surface area contributed by atoms with Gasteiger partial charge in [0.1, 0.15) is 0 Å². The van der Waals surface area contributed by atoms with E-state index in [0.29, 0.717) is 0 Å². The summed E-state index contributed by atoms with van der Waals surface area (Å²) >= 11 is 5.88. The van der Waals surface area contributed by atoms with Crippen LogP contribution in [0, 0.1) is 0 Å². The Kier molecular flexibility index (Phi) is 2.97. The fraction of sp³-hybridized carbons (Fsp3) is 0. The molecule has 3 rings (SSSR count). The number of halogens is 1. The van der Waals surface area contributed by atoms with E-state index in [1.165, 1.54) is 0 Å². The van der Waals surface area contributed by atoms with E-state index in [1.807, 2.05) is 48.7 Å². The molecule has 3 aromatic rings. The molecule has 0 atom stereocenters. The molecule has 1 aromatic heterocycles. The van der Waals surface area contributed by atoms with Gasteiger partial charge in [0.25, 0.3) is 0 Å². The van der Waals surface area contributed by atoms with Crippen LogP contribution in [-0.2, 0) is 0 Å². The van der Waals surface area contributed by atoms with E-state index >= 15 is 0 Å². The largest absolute Gasteiger partial charge is 0.398 e. The number of nitrogens with zero attached hydrogens (tertiary/aromatic N) is 1. The molecule has 2 aromatic carbocycles. The van der Waals surface area contributed by atoms with Gasteiger partial charge in [0.15, 0.2) is 0 Å². The number of aromatic nitrogens is 1. The zero-order chi connectivity index (χ0) is 13.2. The Bertz CT molecular complexity index is 723. The van der Waals surface area contributed by atoms with E-state index in [-0.39, 0.29) is 0 Å². The first-order valence-corrected chi connectivity index (χ1v) is 6.26. The summed E-state index contributed by atoms with van der Waals surface area (Å²) in [6.07, 6.45) is 3.55. The Morgan fingerprint density at radius 2 is 1.74 bits per heavy atom. The second-order valence-electron chi connectivity index (χ2n) is 4.26. The number of nitrogen functional groups attached to an aromatic ring is 1. The van der Waals surface area contributed by atoms with Crippen LogP contribution in [0.3, 0.4) is 0 Å². The molecule has 0 spiro atoms. The molecule has 0 aliphatic carbocycles. The van der Waals surface area contributed by atoms with Gasteiger partial charge in [-0.15, -0.1) is 0 Å².